The molecule has 0 aliphatic rings. The number of nitrogens with one attached hydrogen (secondary N) is 1. The summed E-state index contributed by atoms with van der Waals surface area (Å²) in [7, 11) is 1.57. The molecule has 1 N–H and O–H groups in total. The highest BCUT2D eigenvalue weighted by atomic mass is 16.6. The van der Waals surface area contributed by atoms with Crippen LogP contribution in [-0.4, -0.2) is 31.1 Å². The lowest BCUT2D eigenvalue weighted by Gasteiger charge is -2.19. The summed E-state index contributed by atoms with van der Waals surface area (Å²) in [5.74, 6) is -0.101. The van der Waals surface area contributed by atoms with Crippen molar-refractivity contribution in [3.8, 4) is 5.75 Å². The van der Waals surface area contributed by atoms with Crippen molar-refractivity contribution < 1.29 is 19.1 Å². The number of rotatable bonds is 5. The van der Waals surface area contributed by atoms with E-state index >= 15 is 0 Å². The first-order chi connectivity index (χ1) is 9.78. The molecular weight excluding hydrogens is 270 g/mol. The molecule has 0 aromatic heterocycles. The number of hydrogen-bond acceptors (Lipinski definition) is 4. The molecular formula is C16H23NO4. The maximum absolute atomic E-state index is 12.2. The third-order valence-corrected chi connectivity index (χ3v) is 2.76. The molecule has 0 heterocycles. The van der Waals surface area contributed by atoms with Crippen LogP contribution >= 0.6 is 0 Å². The molecule has 0 atom stereocenters. The van der Waals surface area contributed by atoms with E-state index in [4.69, 9.17) is 9.47 Å². The zero-order valence-electron chi connectivity index (χ0n) is 13.3. The number of amides is 1. The number of carbonyl (C=O) groups excluding carboxylic acids is 2. The molecule has 21 heavy (non-hydrogen) atoms. The van der Waals surface area contributed by atoms with Gasteiger partial charge in [0, 0.05) is 11.1 Å². The second kappa shape index (κ2) is 7.11. The van der Waals surface area contributed by atoms with Crippen molar-refractivity contribution in [2.75, 3.05) is 13.7 Å². The van der Waals surface area contributed by atoms with E-state index in [0.29, 0.717) is 17.7 Å². The Morgan fingerprint density at radius 2 is 1.90 bits per heavy atom. The van der Waals surface area contributed by atoms with Crippen LogP contribution in [0.1, 0.15) is 43.6 Å². The van der Waals surface area contributed by atoms with E-state index in [2.05, 4.69) is 5.32 Å². The highest BCUT2D eigenvalue weighted by Gasteiger charge is 2.18. The topological polar surface area (TPSA) is 64.6 Å². The Morgan fingerprint density at radius 3 is 2.43 bits per heavy atom. The molecule has 1 rings (SSSR count). The van der Waals surface area contributed by atoms with Crippen molar-refractivity contribution in [1.29, 1.82) is 0 Å². The molecule has 0 bridgehead atoms. The smallest absolute Gasteiger partial charge is 0.325 e. The van der Waals surface area contributed by atoms with E-state index in [0.717, 1.165) is 5.56 Å². The summed E-state index contributed by atoms with van der Waals surface area (Å²) in [5.41, 5.74) is 0.772. The number of methoxy groups -OCH3 is 1. The van der Waals surface area contributed by atoms with Gasteiger partial charge in [-0.05, 0) is 39.3 Å². The van der Waals surface area contributed by atoms with Crippen LogP contribution in [0.4, 0.5) is 0 Å². The van der Waals surface area contributed by atoms with Crippen LogP contribution in [0.3, 0.4) is 0 Å². The van der Waals surface area contributed by atoms with E-state index in [9.17, 15) is 9.59 Å². The van der Waals surface area contributed by atoms with Crippen molar-refractivity contribution in [3.63, 3.8) is 0 Å². The normalized spacial score (nSPS) is 10.9. The molecule has 0 aliphatic heterocycles. The number of ether oxygens (including phenoxy) is 2. The summed E-state index contributed by atoms with van der Waals surface area (Å²) < 4.78 is 10.4. The van der Waals surface area contributed by atoms with Crippen LogP contribution in [0, 0.1) is 0 Å². The summed E-state index contributed by atoms with van der Waals surface area (Å²) in [4.78, 5) is 23.8. The number of hydrogen-bond donors (Lipinski definition) is 1. The van der Waals surface area contributed by atoms with Crippen LogP contribution in [0.25, 0.3) is 0 Å². The maximum Gasteiger partial charge on any atom is 0.325 e. The molecule has 0 fully saturated rings. The molecule has 5 heteroatoms. The van der Waals surface area contributed by atoms with Crippen LogP contribution in [-0.2, 0) is 16.0 Å². The zero-order valence-corrected chi connectivity index (χ0v) is 13.3. The van der Waals surface area contributed by atoms with E-state index < -0.39 is 11.6 Å². The quantitative estimate of drug-likeness (QED) is 0.846. The fraction of sp³-hybridized carbons (Fsp3) is 0.500. The Hall–Kier alpha value is -2.04. The van der Waals surface area contributed by atoms with Gasteiger partial charge < -0.3 is 14.8 Å². The maximum atomic E-state index is 12.2. The molecule has 0 radical (unpaired) electrons. The van der Waals surface area contributed by atoms with Crippen LogP contribution in [0.15, 0.2) is 18.2 Å². The number of benzene rings is 1. The average Bonchev–Trinajstić information content (AvgIpc) is 2.41. The van der Waals surface area contributed by atoms with E-state index in [1.165, 1.54) is 0 Å². The van der Waals surface area contributed by atoms with E-state index in [1.807, 2.05) is 13.0 Å². The highest BCUT2D eigenvalue weighted by molar-refractivity contribution is 5.97. The first-order valence-corrected chi connectivity index (χ1v) is 6.94. The number of carbonyl (C=O) groups is 2. The summed E-state index contributed by atoms with van der Waals surface area (Å²) >= 11 is 0. The Labute approximate surface area is 125 Å². The lowest BCUT2D eigenvalue weighted by Crippen LogP contribution is -2.35. The van der Waals surface area contributed by atoms with Gasteiger partial charge in [0.15, 0.2) is 0 Å². The van der Waals surface area contributed by atoms with Gasteiger partial charge in [-0.2, -0.15) is 0 Å². The third kappa shape index (κ3) is 5.10. The Bertz CT molecular complexity index is 517. The van der Waals surface area contributed by atoms with Crippen molar-refractivity contribution in [2.45, 2.75) is 39.7 Å². The van der Waals surface area contributed by atoms with Gasteiger partial charge in [-0.25, -0.2) is 0 Å². The van der Waals surface area contributed by atoms with Crippen molar-refractivity contribution in [1.82, 2.24) is 5.32 Å². The Balaban J connectivity index is 2.75. The molecule has 0 spiro atoms. The minimum absolute atomic E-state index is 0.156. The first kappa shape index (κ1) is 17.0. The van der Waals surface area contributed by atoms with Gasteiger partial charge in [0.2, 0.25) is 0 Å². The molecule has 0 saturated heterocycles. The van der Waals surface area contributed by atoms with Gasteiger partial charge in [-0.3, -0.25) is 9.59 Å². The van der Waals surface area contributed by atoms with Gasteiger partial charge >= 0.3 is 5.97 Å². The minimum atomic E-state index is -0.563. The fourth-order valence-electron chi connectivity index (χ4n) is 1.96. The predicted octanol–water partition coefficient (Wildman–Crippen LogP) is 2.33. The third-order valence-electron chi connectivity index (χ3n) is 2.76. The standard InChI is InChI=1S/C16H23NO4/c1-6-11-12(8-7-9-13(11)20-5)15(19)17-10-14(18)21-16(2,3)4/h7-9H,6,10H2,1-5H3,(H,17,19). The van der Waals surface area contributed by atoms with E-state index in [1.54, 1.807) is 40.0 Å². The van der Waals surface area contributed by atoms with Gasteiger partial charge in [-0.1, -0.05) is 13.0 Å². The second-order valence-electron chi connectivity index (χ2n) is 5.61. The Kier molecular flexibility index (Phi) is 5.76. The molecule has 0 unspecified atom stereocenters. The molecule has 1 aromatic carbocycles. The van der Waals surface area contributed by atoms with Gasteiger partial charge in [0.1, 0.15) is 17.9 Å². The summed E-state index contributed by atoms with van der Waals surface area (Å²) in [5, 5.41) is 2.58. The van der Waals surface area contributed by atoms with Crippen LogP contribution < -0.4 is 10.1 Å². The van der Waals surface area contributed by atoms with Crippen molar-refractivity contribution in [2.24, 2.45) is 0 Å². The monoisotopic (exact) mass is 293 g/mol. The Morgan fingerprint density at radius 1 is 1.24 bits per heavy atom. The minimum Gasteiger partial charge on any atom is -0.496 e. The number of esters is 1. The largest absolute Gasteiger partial charge is 0.496 e. The van der Waals surface area contributed by atoms with E-state index in [-0.39, 0.29) is 12.5 Å². The lowest BCUT2D eigenvalue weighted by molar-refractivity contribution is -0.153. The highest BCUT2D eigenvalue weighted by Crippen LogP contribution is 2.22. The second-order valence-corrected chi connectivity index (χ2v) is 5.61. The van der Waals surface area contributed by atoms with Crippen molar-refractivity contribution in [3.05, 3.63) is 29.3 Å². The predicted molar refractivity (Wildman–Crippen MR) is 80.6 cm³/mol. The molecule has 0 saturated carbocycles. The van der Waals surface area contributed by atoms with Gasteiger partial charge in [-0.15, -0.1) is 0 Å². The molecule has 116 valence electrons. The molecule has 1 amide bonds. The van der Waals surface area contributed by atoms with Gasteiger partial charge in [0.05, 0.1) is 7.11 Å². The first-order valence-electron chi connectivity index (χ1n) is 6.94. The van der Waals surface area contributed by atoms with Crippen LogP contribution in [0.5, 0.6) is 5.75 Å². The molecule has 1 aromatic rings. The van der Waals surface area contributed by atoms with Gasteiger partial charge in [0.25, 0.3) is 5.91 Å². The van der Waals surface area contributed by atoms with Crippen molar-refractivity contribution >= 4 is 11.9 Å². The van der Waals surface area contributed by atoms with Crippen LogP contribution in [0.2, 0.25) is 0 Å². The zero-order chi connectivity index (χ0) is 16.0. The molecule has 0 aliphatic carbocycles. The molecule has 5 nitrogen and oxygen atoms in total. The lowest BCUT2D eigenvalue weighted by atomic mass is 10.0. The summed E-state index contributed by atoms with van der Waals surface area (Å²) in [6.07, 6.45) is 0.666. The SMILES string of the molecule is CCc1c(OC)cccc1C(=O)NCC(=O)OC(C)(C)C. The average molecular weight is 293 g/mol. The summed E-state index contributed by atoms with van der Waals surface area (Å²) in [6, 6.07) is 5.27. The fourth-order valence-corrected chi connectivity index (χ4v) is 1.96. The summed E-state index contributed by atoms with van der Waals surface area (Å²) in [6.45, 7) is 7.14.